The number of anilines is 1. The van der Waals surface area contributed by atoms with Crippen LogP contribution in [-0.4, -0.2) is 16.1 Å². The van der Waals surface area contributed by atoms with E-state index in [4.69, 9.17) is 27.6 Å². The summed E-state index contributed by atoms with van der Waals surface area (Å²) in [5.41, 5.74) is 4.94. The largest absolute Gasteiger partial charge is 0.464 e. The molecule has 0 bridgehead atoms. The van der Waals surface area contributed by atoms with Crippen LogP contribution in [0.3, 0.4) is 0 Å². The van der Waals surface area contributed by atoms with Crippen molar-refractivity contribution in [2.45, 2.75) is 43.2 Å². The van der Waals surface area contributed by atoms with Crippen LogP contribution in [0.5, 0.6) is 0 Å². The van der Waals surface area contributed by atoms with E-state index in [2.05, 4.69) is 42.4 Å². The van der Waals surface area contributed by atoms with Crippen LogP contribution in [0.15, 0.2) is 45.4 Å². The fourth-order valence-corrected chi connectivity index (χ4v) is 5.97. The number of benzene rings is 2. The van der Waals surface area contributed by atoms with Gasteiger partial charge >= 0.3 is 0 Å². The number of halogens is 2. The van der Waals surface area contributed by atoms with Gasteiger partial charge in [0.05, 0.1) is 12.7 Å². The molecule has 4 rings (SSSR count). The highest BCUT2D eigenvalue weighted by molar-refractivity contribution is 8.00. The number of carbonyl (C=O) groups is 1. The van der Waals surface area contributed by atoms with Crippen molar-refractivity contribution in [3.8, 4) is 0 Å². The molecule has 4 aromatic rings. The minimum absolute atomic E-state index is 0.166. The third-order valence-corrected chi connectivity index (χ3v) is 7.78. The number of carbonyl (C=O) groups excluding carboxylic acids is 1. The molecule has 5 nitrogen and oxygen atoms in total. The molecule has 1 amide bonds. The van der Waals surface area contributed by atoms with Gasteiger partial charge in [0.2, 0.25) is 11.0 Å². The maximum Gasteiger partial charge on any atom is 0.230 e. The molecule has 0 aliphatic heterocycles. The summed E-state index contributed by atoms with van der Waals surface area (Å²) in [6.07, 6.45) is 1.85. The van der Waals surface area contributed by atoms with E-state index < -0.39 is 0 Å². The Labute approximate surface area is 204 Å². The summed E-state index contributed by atoms with van der Waals surface area (Å²) in [6, 6.07) is 9.58. The molecular weight excluding hydrogens is 485 g/mol. The number of hydrogen-bond donors (Lipinski definition) is 1. The summed E-state index contributed by atoms with van der Waals surface area (Å²) in [6.45, 7) is 6.39. The van der Waals surface area contributed by atoms with Gasteiger partial charge in [0.1, 0.15) is 5.58 Å². The van der Waals surface area contributed by atoms with Crippen molar-refractivity contribution in [2.24, 2.45) is 0 Å². The number of amides is 1. The number of furan rings is 1. The summed E-state index contributed by atoms with van der Waals surface area (Å²) in [5.74, 6) is 0.801. The van der Waals surface area contributed by atoms with Gasteiger partial charge < -0.3 is 9.73 Å². The molecule has 2 aromatic carbocycles. The van der Waals surface area contributed by atoms with Crippen LogP contribution >= 0.6 is 46.3 Å². The van der Waals surface area contributed by atoms with Gasteiger partial charge in [-0.15, -0.1) is 10.2 Å². The molecular formula is C23H21Cl2N3O2S2. The minimum Gasteiger partial charge on any atom is -0.464 e. The van der Waals surface area contributed by atoms with E-state index in [9.17, 15) is 4.79 Å². The van der Waals surface area contributed by atoms with Crippen molar-refractivity contribution in [3.63, 3.8) is 0 Å². The lowest BCUT2D eigenvalue weighted by Crippen LogP contribution is -2.14. The molecule has 1 N–H and O–H groups in total. The summed E-state index contributed by atoms with van der Waals surface area (Å²) >= 11 is 15.2. The Morgan fingerprint density at radius 1 is 1.22 bits per heavy atom. The first-order valence-electron chi connectivity index (χ1n) is 10.0. The minimum atomic E-state index is -0.166. The normalized spacial score (nSPS) is 11.4. The van der Waals surface area contributed by atoms with Crippen molar-refractivity contribution < 1.29 is 9.21 Å². The Hall–Kier alpha value is -2.06. The first-order valence-corrected chi connectivity index (χ1v) is 12.6. The molecule has 0 saturated carbocycles. The maximum atomic E-state index is 12.6. The highest BCUT2D eigenvalue weighted by Crippen LogP contribution is 2.34. The molecule has 9 heteroatoms. The summed E-state index contributed by atoms with van der Waals surface area (Å²) in [5, 5.41) is 13.7. The topological polar surface area (TPSA) is 68.0 Å². The third kappa shape index (κ3) is 5.12. The smallest absolute Gasteiger partial charge is 0.230 e. The van der Waals surface area contributed by atoms with E-state index in [1.807, 2.05) is 12.1 Å². The van der Waals surface area contributed by atoms with E-state index in [1.54, 1.807) is 18.4 Å². The monoisotopic (exact) mass is 505 g/mol. The molecule has 0 unspecified atom stereocenters. The molecule has 0 radical (unpaired) electrons. The van der Waals surface area contributed by atoms with Gasteiger partial charge in [-0.05, 0) is 53.8 Å². The molecule has 0 aliphatic rings. The molecule has 0 atom stereocenters. The van der Waals surface area contributed by atoms with Crippen LogP contribution in [0.2, 0.25) is 10.0 Å². The van der Waals surface area contributed by atoms with E-state index in [1.165, 1.54) is 34.2 Å². The molecule has 2 heterocycles. The summed E-state index contributed by atoms with van der Waals surface area (Å²) in [7, 11) is 0. The Balaban J connectivity index is 1.41. The second kappa shape index (κ2) is 9.83. The second-order valence-electron chi connectivity index (χ2n) is 7.71. The van der Waals surface area contributed by atoms with Gasteiger partial charge in [-0.1, -0.05) is 66.2 Å². The second-order valence-corrected chi connectivity index (χ2v) is 10.7. The highest BCUT2D eigenvalue weighted by atomic mass is 35.5. The predicted molar refractivity (Wildman–Crippen MR) is 133 cm³/mol. The van der Waals surface area contributed by atoms with Gasteiger partial charge in [0.25, 0.3) is 0 Å². The van der Waals surface area contributed by atoms with E-state index >= 15 is 0 Å². The number of aryl methyl sites for hydroxylation is 1. The molecule has 166 valence electrons. The van der Waals surface area contributed by atoms with E-state index in [0.717, 1.165) is 26.4 Å². The number of rotatable bonds is 7. The quantitative estimate of drug-likeness (QED) is 0.208. The SMILES string of the molecule is Cc1cc2occ(CC(=O)Nc3nnc(SCc4c(Cl)cccc4Cl)s3)c2cc1C(C)C. The number of fused-ring (bicyclic) bond motifs is 1. The Morgan fingerprint density at radius 2 is 1.97 bits per heavy atom. The van der Waals surface area contributed by atoms with Crippen molar-refractivity contribution >= 4 is 68.3 Å². The van der Waals surface area contributed by atoms with Gasteiger partial charge in [0.15, 0.2) is 4.34 Å². The maximum absolute atomic E-state index is 12.6. The molecule has 0 saturated heterocycles. The lowest BCUT2D eigenvalue weighted by Gasteiger charge is -2.09. The Kier molecular flexibility index (Phi) is 7.10. The zero-order valence-electron chi connectivity index (χ0n) is 17.7. The number of nitrogens with one attached hydrogen (secondary N) is 1. The summed E-state index contributed by atoms with van der Waals surface area (Å²) in [4.78, 5) is 12.6. The summed E-state index contributed by atoms with van der Waals surface area (Å²) < 4.78 is 6.41. The van der Waals surface area contributed by atoms with Crippen LogP contribution in [0, 0.1) is 6.92 Å². The fraction of sp³-hybridized carbons (Fsp3) is 0.261. The fourth-order valence-electron chi connectivity index (χ4n) is 3.46. The average molecular weight is 506 g/mol. The average Bonchev–Trinajstić information content (AvgIpc) is 3.33. The van der Waals surface area contributed by atoms with Crippen LogP contribution in [0.1, 0.15) is 42.0 Å². The van der Waals surface area contributed by atoms with E-state index in [-0.39, 0.29) is 12.3 Å². The first-order chi connectivity index (χ1) is 15.3. The Morgan fingerprint density at radius 3 is 2.69 bits per heavy atom. The van der Waals surface area contributed by atoms with Gasteiger partial charge in [-0.3, -0.25) is 4.79 Å². The van der Waals surface area contributed by atoms with Gasteiger partial charge in [-0.25, -0.2) is 0 Å². The van der Waals surface area contributed by atoms with E-state index in [0.29, 0.717) is 26.8 Å². The molecule has 2 aromatic heterocycles. The third-order valence-electron chi connectivity index (χ3n) is 5.07. The lowest BCUT2D eigenvalue weighted by molar-refractivity contribution is -0.115. The van der Waals surface area contributed by atoms with Crippen LogP contribution in [0.4, 0.5) is 5.13 Å². The predicted octanol–water partition coefficient (Wildman–Crippen LogP) is 7.50. The number of hydrogen-bond acceptors (Lipinski definition) is 6. The zero-order valence-corrected chi connectivity index (χ0v) is 20.9. The van der Waals surface area contributed by atoms with Gasteiger partial charge in [0, 0.05) is 26.7 Å². The molecule has 0 aliphatic carbocycles. The van der Waals surface area contributed by atoms with Crippen LogP contribution < -0.4 is 5.32 Å². The van der Waals surface area contributed by atoms with Crippen molar-refractivity contribution in [2.75, 3.05) is 5.32 Å². The van der Waals surface area contributed by atoms with Crippen molar-refractivity contribution in [1.29, 1.82) is 0 Å². The van der Waals surface area contributed by atoms with Gasteiger partial charge in [-0.2, -0.15) is 0 Å². The highest BCUT2D eigenvalue weighted by Gasteiger charge is 2.16. The molecule has 0 fully saturated rings. The van der Waals surface area contributed by atoms with Crippen LogP contribution in [-0.2, 0) is 17.0 Å². The molecule has 0 spiro atoms. The number of nitrogens with zero attached hydrogens (tertiary/aromatic N) is 2. The van der Waals surface area contributed by atoms with Crippen molar-refractivity contribution in [3.05, 3.63) is 68.9 Å². The standard InChI is InChI=1S/C23H21Cl2N3O2S2/c1-12(2)15-9-16-14(10-30-20(16)7-13(15)3)8-21(29)26-22-27-28-23(32-22)31-11-17-18(24)5-4-6-19(17)25/h4-7,9-10,12H,8,11H2,1-3H3,(H,26,27,29). The zero-order chi connectivity index (χ0) is 22.8. The van der Waals surface area contributed by atoms with Crippen LogP contribution in [0.25, 0.3) is 11.0 Å². The molecule has 32 heavy (non-hydrogen) atoms. The number of aromatic nitrogens is 2. The lowest BCUT2D eigenvalue weighted by atomic mass is 9.95. The van der Waals surface area contributed by atoms with Crippen molar-refractivity contribution in [1.82, 2.24) is 10.2 Å². The Bertz CT molecular complexity index is 1260. The first kappa shape index (κ1) is 23.1. The number of thioether (sulfide) groups is 1.